The first-order valence-corrected chi connectivity index (χ1v) is 5.18. The third kappa shape index (κ3) is 3.18. The molecule has 0 spiro atoms. The van der Waals surface area contributed by atoms with Gasteiger partial charge in [0.15, 0.2) is 0 Å². The summed E-state index contributed by atoms with van der Waals surface area (Å²) in [6, 6.07) is 4.55. The summed E-state index contributed by atoms with van der Waals surface area (Å²) in [4.78, 5) is 11.2. The topological polar surface area (TPSA) is 46.5 Å². The third-order valence-electron chi connectivity index (χ3n) is 1.86. The highest BCUT2D eigenvalue weighted by molar-refractivity contribution is 6.18. The van der Waals surface area contributed by atoms with Crippen molar-refractivity contribution in [3.63, 3.8) is 0 Å². The molecule has 0 heterocycles. The average molecular weight is 239 g/mol. The van der Waals surface area contributed by atoms with Gasteiger partial charge in [-0.15, -0.1) is 11.6 Å². The second kappa shape index (κ2) is 6.04. The van der Waals surface area contributed by atoms with Crippen LogP contribution in [0.15, 0.2) is 18.2 Å². The Morgan fingerprint density at radius 2 is 2.31 bits per heavy atom. The second-order valence-electron chi connectivity index (χ2n) is 2.96. The van der Waals surface area contributed by atoms with Crippen molar-refractivity contribution >= 4 is 17.6 Å². The van der Waals surface area contributed by atoms with Gasteiger partial charge in [0.05, 0.1) is 7.11 Å². The monoisotopic (exact) mass is 238 g/mol. The molecule has 1 aromatic rings. The summed E-state index contributed by atoms with van der Waals surface area (Å²) in [6.07, 6.45) is 0.584. The van der Waals surface area contributed by atoms with Crippen molar-refractivity contribution in [2.45, 2.75) is 6.42 Å². The number of hydrogen-bond acceptors (Lipinski definition) is 3. The smallest absolute Gasteiger partial charge is 0.341 e. The number of aromatic hydroxyl groups is 1. The Kier molecular flexibility index (Phi) is 4.68. The van der Waals surface area contributed by atoms with Crippen molar-refractivity contribution in [1.82, 2.24) is 0 Å². The number of methoxy groups -OCH3 is 1. The Bertz CT molecular complexity index is 443. The maximum atomic E-state index is 11.2. The third-order valence-corrected chi connectivity index (χ3v) is 2.04. The minimum absolute atomic E-state index is 0.130. The fraction of sp³-hybridized carbons (Fsp3) is 0.250. The fourth-order valence-electron chi connectivity index (χ4n) is 1.10. The quantitative estimate of drug-likeness (QED) is 0.488. The van der Waals surface area contributed by atoms with E-state index in [2.05, 4.69) is 16.6 Å². The summed E-state index contributed by atoms with van der Waals surface area (Å²) in [5.74, 6) is 5.42. The van der Waals surface area contributed by atoms with Gasteiger partial charge < -0.3 is 9.84 Å². The van der Waals surface area contributed by atoms with E-state index in [9.17, 15) is 9.90 Å². The number of alkyl halides is 1. The molecule has 1 aromatic carbocycles. The van der Waals surface area contributed by atoms with E-state index in [0.29, 0.717) is 17.9 Å². The molecule has 16 heavy (non-hydrogen) atoms. The molecule has 1 rings (SSSR count). The van der Waals surface area contributed by atoms with E-state index in [1.165, 1.54) is 19.2 Å². The lowest BCUT2D eigenvalue weighted by molar-refractivity contribution is 0.0597. The molecular formula is C12H11ClO3. The predicted octanol–water partition coefficient (Wildman–Crippen LogP) is 2.16. The largest absolute Gasteiger partial charge is 0.507 e. The van der Waals surface area contributed by atoms with Crippen molar-refractivity contribution in [2.24, 2.45) is 0 Å². The molecule has 84 valence electrons. The summed E-state index contributed by atoms with van der Waals surface area (Å²) in [5, 5.41) is 9.55. The fourth-order valence-corrected chi connectivity index (χ4v) is 1.20. The number of carbonyl (C=O) groups excluding carboxylic acids is 1. The van der Waals surface area contributed by atoms with Crippen LogP contribution < -0.4 is 0 Å². The van der Waals surface area contributed by atoms with E-state index in [-0.39, 0.29) is 11.3 Å². The zero-order valence-electron chi connectivity index (χ0n) is 8.79. The lowest BCUT2D eigenvalue weighted by Crippen LogP contribution is -2.01. The van der Waals surface area contributed by atoms with E-state index in [0.717, 1.165) is 0 Å². The predicted molar refractivity (Wildman–Crippen MR) is 61.7 cm³/mol. The van der Waals surface area contributed by atoms with Gasteiger partial charge in [-0.05, 0) is 18.2 Å². The molecule has 4 heteroatoms. The minimum atomic E-state index is -0.572. The Morgan fingerprint density at radius 3 is 2.88 bits per heavy atom. The molecule has 0 aliphatic carbocycles. The molecule has 0 unspecified atom stereocenters. The van der Waals surface area contributed by atoms with Gasteiger partial charge in [-0.1, -0.05) is 11.8 Å². The number of hydrogen-bond donors (Lipinski definition) is 1. The molecule has 0 aromatic heterocycles. The zero-order valence-corrected chi connectivity index (χ0v) is 9.54. The lowest BCUT2D eigenvalue weighted by Gasteiger charge is -2.02. The van der Waals surface area contributed by atoms with Crippen molar-refractivity contribution in [3.05, 3.63) is 29.3 Å². The molecule has 0 saturated carbocycles. The van der Waals surface area contributed by atoms with Gasteiger partial charge >= 0.3 is 5.97 Å². The maximum Gasteiger partial charge on any atom is 0.341 e. The lowest BCUT2D eigenvalue weighted by atomic mass is 10.1. The van der Waals surface area contributed by atoms with Gasteiger partial charge in [0.25, 0.3) is 0 Å². The van der Waals surface area contributed by atoms with Gasteiger partial charge in [0.1, 0.15) is 11.3 Å². The Balaban J connectivity index is 2.92. The van der Waals surface area contributed by atoms with E-state index < -0.39 is 5.97 Å². The summed E-state index contributed by atoms with van der Waals surface area (Å²) in [7, 11) is 1.26. The number of rotatable bonds is 2. The molecule has 1 N–H and O–H groups in total. The Labute approximate surface area is 99.0 Å². The Hall–Kier alpha value is -1.66. The number of benzene rings is 1. The maximum absolute atomic E-state index is 11.2. The van der Waals surface area contributed by atoms with Crippen molar-refractivity contribution in [1.29, 1.82) is 0 Å². The normalized spacial score (nSPS) is 9.12. The number of phenols is 1. The first kappa shape index (κ1) is 12.4. The first-order valence-electron chi connectivity index (χ1n) is 4.65. The standard InChI is InChI=1S/C12H11ClO3/c1-16-12(15)10-6-5-9(8-11(10)14)4-2-3-7-13/h5-6,8,14H,3,7H2,1H3. The summed E-state index contributed by atoms with van der Waals surface area (Å²) in [6.45, 7) is 0. The van der Waals surface area contributed by atoms with Crippen molar-refractivity contribution in [2.75, 3.05) is 13.0 Å². The highest BCUT2D eigenvalue weighted by Gasteiger charge is 2.10. The SMILES string of the molecule is COC(=O)c1ccc(C#CCCCl)cc1O. The van der Waals surface area contributed by atoms with E-state index >= 15 is 0 Å². The molecule has 0 bridgehead atoms. The van der Waals surface area contributed by atoms with Crippen LogP contribution in [0.25, 0.3) is 0 Å². The van der Waals surface area contributed by atoms with Crippen LogP contribution in [0.5, 0.6) is 5.75 Å². The number of ether oxygens (including phenoxy) is 1. The minimum Gasteiger partial charge on any atom is -0.507 e. The van der Waals surface area contributed by atoms with Crippen LogP contribution in [0.2, 0.25) is 0 Å². The Morgan fingerprint density at radius 1 is 1.56 bits per heavy atom. The van der Waals surface area contributed by atoms with Crippen molar-refractivity contribution in [3.8, 4) is 17.6 Å². The van der Waals surface area contributed by atoms with Crippen molar-refractivity contribution < 1.29 is 14.6 Å². The summed E-state index contributed by atoms with van der Waals surface area (Å²) in [5.41, 5.74) is 0.765. The molecule has 0 amide bonds. The summed E-state index contributed by atoms with van der Waals surface area (Å²) >= 11 is 5.47. The second-order valence-corrected chi connectivity index (χ2v) is 3.34. The van der Waals surface area contributed by atoms with Gasteiger partial charge in [-0.25, -0.2) is 4.79 Å². The molecule has 0 atom stereocenters. The number of phenolic OH excluding ortho intramolecular Hbond substituents is 1. The molecule has 0 aliphatic heterocycles. The van der Waals surface area contributed by atoms with Gasteiger partial charge in [0.2, 0.25) is 0 Å². The van der Waals surface area contributed by atoms with Crippen LogP contribution in [-0.2, 0) is 4.74 Å². The average Bonchev–Trinajstić information content (AvgIpc) is 2.29. The number of esters is 1. The van der Waals surface area contributed by atoms with Crippen LogP contribution in [0.1, 0.15) is 22.3 Å². The van der Waals surface area contributed by atoms with Gasteiger partial charge in [-0.2, -0.15) is 0 Å². The van der Waals surface area contributed by atoms with E-state index in [1.807, 2.05) is 0 Å². The zero-order chi connectivity index (χ0) is 12.0. The van der Waals surface area contributed by atoms with Crippen LogP contribution in [0.4, 0.5) is 0 Å². The summed E-state index contributed by atoms with van der Waals surface area (Å²) < 4.78 is 4.50. The van der Waals surface area contributed by atoms with E-state index in [4.69, 9.17) is 11.6 Å². The highest BCUT2D eigenvalue weighted by Crippen LogP contribution is 2.19. The molecule has 0 fully saturated rings. The van der Waals surface area contributed by atoms with Crippen LogP contribution >= 0.6 is 11.6 Å². The van der Waals surface area contributed by atoms with Gasteiger partial charge in [0, 0.05) is 17.9 Å². The number of halogens is 1. The number of carbonyl (C=O) groups is 1. The van der Waals surface area contributed by atoms with Gasteiger partial charge in [-0.3, -0.25) is 0 Å². The van der Waals surface area contributed by atoms with Crippen LogP contribution in [0.3, 0.4) is 0 Å². The van der Waals surface area contributed by atoms with E-state index in [1.54, 1.807) is 6.07 Å². The molecule has 0 aliphatic rings. The molecule has 3 nitrogen and oxygen atoms in total. The first-order chi connectivity index (χ1) is 7.69. The van der Waals surface area contributed by atoms with Crippen LogP contribution in [0, 0.1) is 11.8 Å². The highest BCUT2D eigenvalue weighted by atomic mass is 35.5. The molecule has 0 radical (unpaired) electrons. The molecular weight excluding hydrogens is 228 g/mol. The molecule has 0 saturated heterocycles. The van der Waals surface area contributed by atoms with Crippen LogP contribution in [-0.4, -0.2) is 24.1 Å².